The molecule has 0 aromatic heterocycles. The summed E-state index contributed by atoms with van der Waals surface area (Å²) in [5.41, 5.74) is 5.35. The van der Waals surface area contributed by atoms with Gasteiger partial charge in [0.1, 0.15) is 0 Å². The molecule has 0 fully saturated rings. The highest BCUT2D eigenvalue weighted by molar-refractivity contribution is 4.85. The highest BCUT2D eigenvalue weighted by atomic mass is 16.5. The average Bonchev–Trinajstić information content (AvgIpc) is 2.04. The first-order chi connectivity index (χ1) is 5.31. The molecule has 0 heterocycles. The van der Waals surface area contributed by atoms with Crippen LogP contribution in [0.4, 0.5) is 0 Å². The van der Waals surface area contributed by atoms with Gasteiger partial charge in [0.15, 0.2) is 0 Å². The highest BCUT2D eigenvalue weighted by Crippen LogP contribution is 1.91. The molecule has 0 aromatic rings. The Bertz CT molecular complexity index is 120. The summed E-state index contributed by atoms with van der Waals surface area (Å²) in [6.07, 6.45) is 2.87. The van der Waals surface area contributed by atoms with E-state index in [4.69, 9.17) is 15.7 Å². The van der Waals surface area contributed by atoms with Gasteiger partial charge in [-0.1, -0.05) is 13.3 Å². The van der Waals surface area contributed by atoms with Crippen LogP contribution in [-0.2, 0) is 4.74 Å². The van der Waals surface area contributed by atoms with Crippen LogP contribution in [0.5, 0.6) is 0 Å². The van der Waals surface area contributed by atoms with Crippen molar-refractivity contribution in [2.45, 2.75) is 32.2 Å². The number of nitriles is 1. The van der Waals surface area contributed by atoms with Crippen molar-refractivity contribution >= 4 is 0 Å². The van der Waals surface area contributed by atoms with E-state index in [0.717, 1.165) is 19.4 Å². The standard InChI is InChI=1S/C8H16N2O/c1-2-3-5-11-6-4-8(10)7-9/h8H,2-6,10H2,1H3. The molecule has 0 aromatic carbocycles. The van der Waals surface area contributed by atoms with Crippen molar-refractivity contribution in [3.8, 4) is 6.07 Å². The largest absolute Gasteiger partial charge is 0.381 e. The smallest absolute Gasteiger partial charge is 0.0950 e. The first kappa shape index (κ1) is 10.4. The van der Waals surface area contributed by atoms with E-state index >= 15 is 0 Å². The second-order valence-corrected chi connectivity index (χ2v) is 2.49. The van der Waals surface area contributed by atoms with Gasteiger partial charge in [0, 0.05) is 13.2 Å². The van der Waals surface area contributed by atoms with Crippen molar-refractivity contribution in [2.24, 2.45) is 5.73 Å². The molecule has 0 aliphatic rings. The van der Waals surface area contributed by atoms with E-state index in [1.165, 1.54) is 0 Å². The third kappa shape index (κ3) is 7.31. The molecule has 0 amide bonds. The summed E-state index contributed by atoms with van der Waals surface area (Å²) in [5, 5.41) is 8.31. The van der Waals surface area contributed by atoms with Crippen molar-refractivity contribution in [1.82, 2.24) is 0 Å². The monoisotopic (exact) mass is 156 g/mol. The molecule has 0 radical (unpaired) electrons. The Labute approximate surface area is 68.1 Å². The van der Waals surface area contributed by atoms with Gasteiger partial charge in [-0.15, -0.1) is 0 Å². The summed E-state index contributed by atoms with van der Waals surface area (Å²) in [5.74, 6) is 0. The molecule has 64 valence electrons. The van der Waals surface area contributed by atoms with E-state index in [-0.39, 0.29) is 6.04 Å². The second kappa shape index (κ2) is 7.52. The fourth-order valence-corrected chi connectivity index (χ4v) is 0.623. The summed E-state index contributed by atoms with van der Waals surface area (Å²) in [7, 11) is 0. The molecule has 3 nitrogen and oxygen atoms in total. The quantitative estimate of drug-likeness (QED) is 0.584. The van der Waals surface area contributed by atoms with E-state index in [2.05, 4.69) is 6.92 Å². The van der Waals surface area contributed by atoms with Crippen LogP contribution in [0.3, 0.4) is 0 Å². The summed E-state index contributed by atoms with van der Waals surface area (Å²) in [4.78, 5) is 0. The van der Waals surface area contributed by atoms with Crippen molar-refractivity contribution < 1.29 is 4.74 Å². The van der Waals surface area contributed by atoms with Crippen LogP contribution in [0.2, 0.25) is 0 Å². The van der Waals surface area contributed by atoms with Gasteiger partial charge in [-0.05, 0) is 12.8 Å². The minimum atomic E-state index is -0.364. The number of rotatable bonds is 6. The Hall–Kier alpha value is -0.590. The highest BCUT2D eigenvalue weighted by Gasteiger charge is 1.97. The van der Waals surface area contributed by atoms with E-state index in [1.807, 2.05) is 6.07 Å². The van der Waals surface area contributed by atoms with Gasteiger partial charge in [0.05, 0.1) is 12.1 Å². The number of ether oxygens (including phenoxy) is 1. The van der Waals surface area contributed by atoms with Crippen LogP contribution in [0.15, 0.2) is 0 Å². The molecule has 1 atom stereocenters. The zero-order chi connectivity index (χ0) is 8.53. The van der Waals surface area contributed by atoms with Crippen molar-refractivity contribution in [2.75, 3.05) is 13.2 Å². The van der Waals surface area contributed by atoms with Gasteiger partial charge in [-0.25, -0.2) is 0 Å². The summed E-state index contributed by atoms with van der Waals surface area (Å²) in [6.45, 7) is 3.51. The first-order valence-corrected chi connectivity index (χ1v) is 4.04. The summed E-state index contributed by atoms with van der Waals surface area (Å²) < 4.78 is 5.22. The van der Waals surface area contributed by atoms with Crippen molar-refractivity contribution in [3.05, 3.63) is 0 Å². The number of nitrogens with zero attached hydrogens (tertiary/aromatic N) is 1. The SMILES string of the molecule is CCCCOCCC(N)C#N. The minimum absolute atomic E-state index is 0.364. The van der Waals surface area contributed by atoms with Crippen LogP contribution in [-0.4, -0.2) is 19.3 Å². The lowest BCUT2D eigenvalue weighted by Crippen LogP contribution is -2.19. The molecule has 2 N–H and O–H groups in total. The molecule has 11 heavy (non-hydrogen) atoms. The van der Waals surface area contributed by atoms with E-state index in [0.29, 0.717) is 13.0 Å². The van der Waals surface area contributed by atoms with Crippen LogP contribution in [0, 0.1) is 11.3 Å². The van der Waals surface area contributed by atoms with Crippen LogP contribution < -0.4 is 5.73 Å². The lowest BCUT2D eigenvalue weighted by molar-refractivity contribution is 0.127. The maximum absolute atomic E-state index is 8.31. The van der Waals surface area contributed by atoms with Gasteiger partial charge in [-0.2, -0.15) is 5.26 Å². The lowest BCUT2D eigenvalue weighted by atomic mass is 10.2. The van der Waals surface area contributed by atoms with E-state index in [1.54, 1.807) is 0 Å². The molecule has 0 aliphatic heterocycles. The molecule has 1 unspecified atom stereocenters. The third-order valence-electron chi connectivity index (χ3n) is 1.38. The van der Waals surface area contributed by atoms with E-state index < -0.39 is 0 Å². The van der Waals surface area contributed by atoms with Crippen molar-refractivity contribution in [1.29, 1.82) is 5.26 Å². The van der Waals surface area contributed by atoms with Gasteiger partial charge < -0.3 is 10.5 Å². The number of nitrogens with two attached hydrogens (primary N) is 1. The molecular formula is C8H16N2O. The first-order valence-electron chi connectivity index (χ1n) is 4.04. The van der Waals surface area contributed by atoms with Gasteiger partial charge >= 0.3 is 0 Å². The molecule has 0 rings (SSSR count). The molecule has 0 bridgehead atoms. The number of hydrogen-bond donors (Lipinski definition) is 1. The second-order valence-electron chi connectivity index (χ2n) is 2.49. The predicted octanol–water partition coefficient (Wildman–Crippen LogP) is 1.04. The average molecular weight is 156 g/mol. The third-order valence-corrected chi connectivity index (χ3v) is 1.38. The van der Waals surface area contributed by atoms with Crippen molar-refractivity contribution in [3.63, 3.8) is 0 Å². The number of hydrogen-bond acceptors (Lipinski definition) is 3. The number of unbranched alkanes of at least 4 members (excludes halogenated alkanes) is 1. The molecule has 0 spiro atoms. The summed E-state index contributed by atoms with van der Waals surface area (Å²) in [6, 6.07) is 1.59. The van der Waals surface area contributed by atoms with Crippen LogP contribution >= 0.6 is 0 Å². The Kier molecular flexibility index (Phi) is 7.11. The molecular weight excluding hydrogens is 140 g/mol. The Morgan fingerprint density at radius 3 is 2.82 bits per heavy atom. The Balaban J connectivity index is 2.97. The molecule has 0 saturated heterocycles. The van der Waals surface area contributed by atoms with Gasteiger partial charge in [0.2, 0.25) is 0 Å². The zero-order valence-electron chi connectivity index (χ0n) is 7.05. The maximum atomic E-state index is 8.31. The van der Waals surface area contributed by atoms with Gasteiger partial charge in [0.25, 0.3) is 0 Å². The summed E-state index contributed by atoms with van der Waals surface area (Å²) >= 11 is 0. The van der Waals surface area contributed by atoms with Crippen LogP contribution in [0.1, 0.15) is 26.2 Å². The maximum Gasteiger partial charge on any atom is 0.0950 e. The molecule has 0 saturated carbocycles. The van der Waals surface area contributed by atoms with Gasteiger partial charge in [-0.3, -0.25) is 0 Å². The topological polar surface area (TPSA) is 59.0 Å². The minimum Gasteiger partial charge on any atom is -0.381 e. The normalized spacial score (nSPS) is 12.5. The zero-order valence-corrected chi connectivity index (χ0v) is 7.05. The fourth-order valence-electron chi connectivity index (χ4n) is 0.623. The lowest BCUT2D eigenvalue weighted by Gasteiger charge is -2.03. The molecule has 0 aliphatic carbocycles. The van der Waals surface area contributed by atoms with E-state index in [9.17, 15) is 0 Å². The fraction of sp³-hybridized carbons (Fsp3) is 0.875. The molecule has 3 heteroatoms. The Morgan fingerprint density at radius 1 is 1.55 bits per heavy atom. The predicted molar refractivity (Wildman–Crippen MR) is 43.9 cm³/mol. The van der Waals surface area contributed by atoms with Crippen LogP contribution in [0.25, 0.3) is 0 Å². The Morgan fingerprint density at radius 2 is 2.27 bits per heavy atom.